The quantitative estimate of drug-likeness (QED) is 0.656. The first-order chi connectivity index (χ1) is 13.5. The Kier molecular flexibility index (Phi) is 5.55. The summed E-state index contributed by atoms with van der Waals surface area (Å²) in [7, 11) is 0. The van der Waals surface area contributed by atoms with Gasteiger partial charge in [-0.1, -0.05) is 33.6 Å². The molecule has 2 fully saturated rings. The number of benzene rings is 1. The van der Waals surface area contributed by atoms with Crippen LogP contribution in [0, 0.1) is 5.92 Å². The zero-order valence-corrected chi connectivity index (χ0v) is 17.6. The molecule has 28 heavy (non-hydrogen) atoms. The molecule has 0 aliphatic carbocycles. The molecule has 2 saturated heterocycles. The Balaban J connectivity index is 1.38. The predicted octanol–water partition coefficient (Wildman–Crippen LogP) is 3.20. The average molecular weight is 464 g/mol. The van der Waals surface area contributed by atoms with Crippen LogP contribution in [0.15, 0.2) is 47.1 Å². The molecule has 6 nitrogen and oxygen atoms in total. The lowest BCUT2D eigenvalue weighted by Gasteiger charge is -2.36. The zero-order valence-electron chi connectivity index (χ0n) is 15.2. The molecular weight excluding hydrogens is 444 g/mol. The van der Waals surface area contributed by atoms with Crippen LogP contribution in [-0.4, -0.2) is 54.4 Å². The maximum Gasteiger partial charge on any atom is 0.239 e. The van der Waals surface area contributed by atoms with Gasteiger partial charge in [0.25, 0.3) is 0 Å². The first-order valence-corrected chi connectivity index (χ1v) is 10.4. The number of aromatic nitrogens is 1. The van der Waals surface area contributed by atoms with E-state index in [9.17, 15) is 9.59 Å². The van der Waals surface area contributed by atoms with E-state index in [2.05, 4.69) is 25.8 Å². The Morgan fingerprint density at radius 3 is 2.57 bits per heavy atom. The van der Waals surface area contributed by atoms with Gasteiger partial charge in [-0.3, -0.25) is 9.59 Å². The van der Waals surface area contributed by atoms with Crippen molar-refractivity contribution in [2.24, 2.45) is 5.92 Å². The number of amides is 2. The lowest BCUT2D eigenvalue weighted by Crippen LogP contribution is -2.51. The average Bonchev–Trinajstić information content (AvgIpc) is 3.09. The van der Waals surface area contributed by atoms with Gasteiger partial charge in [0, 0.05) is 49.1 Å². The van der Waals surface area contributed by atoms with E-state index < -0.39 is 5.92 Å². The van der Waals surface area contributed by atoms with E-state index in [4.69, 9.17) is 11.6 Å². The molecule has 2 amide bonds. The Hall–Kier alpha value is -2.12. The smallest absolute Gasteiger partial charge is 0.239 e. The molecule has 8 heteroatoms. The Morgan fingerprint density at radius 1 is 1.11 bits per heavy atom. The van der Waals surface area contributed by atoms with Gasteiger partial charge >= 0.3 is 0 Å². The first kappa shape index (κ1) is 19.2. The summed E-state index contributed by atoms with van der Waals surface area (Å²) in [5, 5.41) is 0.604. The van der Waals surface area contributed by atoms with Gasteiger partial charge in [0.05, 0.1) is 5.02 Å². The van der Waals surface area contributed by atoms with E-state index in [0.717, 1.165) is 16.0 Å². The molecule has 0 radical (unpaired) electrons. The lowest BCUT2D eigenvalue weighted by molar-refractivity contribution is -0.140. The van der Waals surface area contributed by atoms with Crippen LogP contribution >= 0.6 is 27.5 Å². The topological polar surface area (TPSA) is 56.8 Å². The second-order valence-electron chi connectivity index (χ2n) is 6.96. The molecule has 1 aromatic carbocycles. The Morgan fingerprint density at radius 2 is 1.89 bits per heavy atom. The molecule has 0 saturated carbocycles. The maximum absolute atomic E-state index is 13.0. The summed E-state index contributed by atoms with van der Waals surface area (Å²) >= 11 is 9.33. The van der Waals surface area contributed by atoms with Gasteiger partial charge in [0.2, 0.25) is 11.8 Å². The van der Waals surface area contributed by atoms with Gasteiger partial charge < -0.3 is 14.7 Å². The van der Waals surface area contributed by atoms with Gasteiger partial charge in [0.15, 0.2) is 0 Å². The van der Waals surface area contributed by atoms with Crippen molar-refractivity contribution in [1.82, 2.24) is 9.88 Å². The van der Waals surface area contributed by atoms with Crippen LogP contribution in [0.2, 0.25) is 5.02 Å². The highest BCUT2D eigenvalue weighted by atomic mass is 79.9. The van der Waals surface area contributed by atoms with Crippen molar-refractivity contribution in [3.05, 3.63) is 52.1 Å². The summed E-state index contributed by atoms with van der Waals surface area (Å²) in [5.41, 5.74) is 0.827. The monoisotopic (exact) mass is 462 g/mol. The van der Waals surface area contributed by atoms with E-state index in [-0.39, 0.29) is 11.8 Å². The molecule has 2 aromatic rings. The fraction of sp³-hybridized carbons (Fsp3) is 0.350. The van der Waals surface area contributed by atoms with Crippen LogP contribution in [0.3, 0.4) is 0 Å². The van der Waals surface area contributed by atoms with Gasteiger partial charge in [0.1, 0.15) is 11.7 Å². The molecule has 2 aliphatic heterocycles. The standard InChI is InChI=1S/C20H20BrClN4O2/c21-14-2-1-3-16(12-14)26-7-6-17(20(26)28)19(27)25-10-8-24(9-11-25)18-5-4-15(22)13-23-18/h1-5,12-13,17H,6-11H2. The summed E-state index contributed by atoms with van der Waals surface area (Å²) in [5.74, 6) is 0.101. The molecule has 3 heterocycles. The van der Waals surface area contributed by atoms with Crippen molar-refractivity contribution in [2.45, 2.75) is 6.42 Å². The number of piperazine rings is 1. The highest BCUT2D eigenvalue weighted by molar-refractivity contribution is 9.10. The number of anilines is 2. The third-order valence-corrected chi connectivity index (χ3v) is 5.97. The second-order valence-corrected chi connectivity index (χ2v) is 8.31. The predicted molar refractivity (Wildman–Crippen MR) is 113 cm³/mol. The fourth-order valence-corrected chi connectivity index (χ4v) is 4.24. The summed E-state index contributed by atoms with van der Waals surface area (Å²) in [6, 6.07) is 11.3. The van der Waals surface area contributed by atoms with Gasteiger partial charge in [-0.2, -0.15) is 0 Å². The van der Waals surface area contributed by atoms with E-state index in [1.54, 1.807) is 16.0 Å². The summed E-state index contributed by atoms with van der Waals surface area (Å²) < 4.78 is 0.916. The number of carbonyl (C=O) groups is 2. The fourth-order valence-electron chi connectivity index (χ4n) is 3.74. The lowest BCUT2D eigenvalue weighted by atomic mass is 10.1. The minimum atomic E-state index is -0.584. The van der Waals surface area contributed by atoms with Crippen molar-refractivity contribution in [3.63, 3.8) is 0 Å². The molecular formula is C20H20BrClN4O2. The van der Waals surface area contributed by atoms with Gasteiger partial charge in [-0.05, 0) is 36.8 Å². The van der Waals surface area contributed by atoms with Crippen molar-refractivity contribution in [2.75, 3.05) is 42.5 Å². The minimum Gasteiger partial charge on any atom is -0.353 e. The molecule has 0 N–H and O–H groups in total. The third kappa shape index (κ3) is 3.86. The highest BCUT2D eigenvalue weighted by Gasteiger charge is 2.40. The molecule has 0 spiro atoms. The number of hydrogen-bond acceptors (Lipinski definition) is 4. The first-order valence-electron chi connectivity index (χ1n) is 9.25. The minimum absolute atomic E-state index is 0.0637. The van der Waals surface area contributed by atoms with Gasteiger partial charge in [-0.15, -0.1) is 0 Å². The van der Waals surface area contributed by atoms with Gasteiger partial charge in [-0.25, -0.2) is 4.98 Å². The van der Waals surface area contributed by atoms with Crippen LogP contribution in [-0.2, 0) is 9.59 Å². The normalized spacial score (nSPS) is 20.0. The van der Waals surface area contributed by atoms with Crippen molar-refractivity contribution in [3.8, 4) is 0 Å². The zero-order chi connectivity index (χ0) is 19.7. The van der Waals surface area contributed by atoms with Crippen molar-refractivity contribution in [1.29, 1.82) is 0 Å². The molecule has 1 atom stereocenters. The summed E-state index contributed by atoms with van der Waals surface area (Å²) in [6.45, 7) is 3.13. The highest BCUT2D eigenvalue weighted by Crippen LogP contribution is 2.29. The van der Waals surface area contributed by atoms with E-state index in [0.29, 0.717) is 44.2 Å². The van der Waals surface area contributed by atoms with E-state index in [1.807, 2.05) is 36.4 Å². The SMILES string of the molecule is O=C(C1CCN(c2cccc(Br)c2)C1=O)N1CCN(c2ccc(Cl)cn2)CC1. The molecule has 4 rings (SSSR count). The maximum atomic E-state index is 13.0. The largest absolute Gasteiger partial charge is 0.353 e. The molecule has 0 bridgehead atoms. The molecule has 146 valence electrons. The number of pyridine rings is 1. The Labute approximate surface area is 177 Å². The Bertz CT molecular complexity index is 884. The molecule has 1 unspecified atom stereocenters. The summed E-state index contributed by atoms with van der Waals surface area (Å²) in [4.78, 5) is 35.8. The van der Waals surface area contributed by atoms with Crippen LogP contribution in [0.5, 0.6) is 0 Å². The summed E-state index contributed by atoms with van der Waals surface area (Å²) in [6.07, 6.45) is 2.19. The molecule has 1 aromatic heterocycles. The van der Waals surface area contributed by atoms with Crippen LogP contribution in [0.25, 0.3) is 0 Å². The number of rotatable bonds is 3. The van der Waals surface area contributed by atoms with Crippen LogP contribution in [0.4, 0.5) is 11.5 Å². The number of nitrogens with zero attached hydrogens (tertiary/aromatic N) is 4. The third-order valence-electron chi connectivity index (χ3n) is 5.25. The number of halogens is 2. The second kappa shape index (κ2) is 8.09. The number of hydrogen-bond donors (Lipinski definition) is 0. The van der Waals surface area contributed by atoms with Crippen LogP contribution in [0.1, 0.15) is 6.42 Å². The van der Waals surface area contributed by atoms with Crippen molar-refractivity contribution < 1.29 is 9.59 Å². The van der Waals surface area contributed by atoms with Crippen LogP contribution < -0.4 is 9.80 Å². The van der Waals surface area contributed by atoms with E-state index in [1.165, 1.54) is 0 Å². The molecule has 2 aliphatic rings. The van der Waals surface area contributed by atoms with E-state index >= 15 is 0 Å². The van der Waals surface area contributed by atoms with Crippen molar-refractivity contribution >= 4 is 50.9 Å². The number of carbonyl (C=O) groups excluding carboxylic acids is 2.